The number of fused-ring (bicyclic) bond motifs is 3. The molecule has 1 saturated heterocycles. The van der Waals surface area contributed by atoms with Crippen LogP contribution in [-0.4, -0.2) is 52.0 Å². The zero-order valence-electron chi connectivity index (χ0n) is 15.3. The summed E-state index contributed by atoms with van der Waals surface area (Å²) in [5, 5.41) is 8.14. The first-order valence-electron chi connectivity index (χ1n) is 9.17. The first-order chi connectivity index (χ1) is 13.5. The maximum Gasteiger partial charge on any atom is 0.255 e. The molecule has 8 heteroatoms. The highest BCUT2D eigenvalue weighted by Gasteiger charge is 2.52. The van der Waals surface area contributed by atoms with E-state index in [4.69, 9.17) is 11.6 Å². The Morgan fingerprint density at radius 1 is 1.25 bits per heavy atom. The molecule has 28 heavy (non-hydrogen) atoms. The van der Waals surface area contributed by atoms with Crippen molar-refractivity contribution in [3.63, 3.8) is 0 Å². The Bertz CT molecular complexity index is 1120. The van der Waals surface area contributed by atoms with E-state index in [1.807, 2.05) is 18.2 Å². The molecule has 7 nitrogen and oxygen atoms in total. The number of hydrogen-bond donors (Lipinski definition) is 1. The van der Waals surface area contributed by atoms with Gasteiger partial charge >= 0.3 is 0 Å². The van der Waals surface area contributed by atoms with Crippen LogP contribution in [0.25, 0.3) is 11.0 Å². The van der Waals surface area contributed by atoms with Crippen LogP contribution >= 0.6 is 11.6 Å². The van der Waals surface area contributed by atoms with Gasteiger partial charge in [-0.15, -0.1) is 0 Å². The number of anilines is 1. The topological polar surface area (TPSA) is 82.2 Å². The molecular weight excluding hydrogens is 378 g/mol. The van der Waals surface area contributed by atoms with Gasteiger partial charge in [0.05, 0.1) is 17.2 Å². The van der Waals surface area contributed by atoms with Crippen molar-refractivity contribution in [3.8, 4) is 0 Å². The smallest absolute Gasteiger partial charge is 0.255 e. The molecule has 0 radical (unpaired) electrons. The van der Waals surface area contributed by atoms with Crippen molar-refractivity contribution in [1.29, 1.82) is 0 Å². The Kier molecular flexibility index (Phi) is 3.71. The highest BCUT2D eigenvalue weighted by Crippen LogP contribution is 2.50. The van der Waals surface area contributed by atoms with Crippen LogP contribution in [0.3, 0.4) is 0 Å². The molecule has 2 aromatic heterocycles. The molecule has 142 valence electrons. The molecule has 1 aromatic carbocycles. The van der Waals surface area contributed by atoms with Gasteiger partial charge in [-0.05, 0) is 31.0 Å². The zero-order valence-corrected chi connectivity index (χ0v) is 16.0. The van der Waals surface area contributed by atoms with Gasteiger partial charge in [0.2, 0.25) is 5.91 Å². The molecule has 1 N–H and O–H groups in total. The Balaban J connectivity index is 1.42. The number of aromatic nitrogens is 3. The van der Waals surface area contributed by atoms with Crippen LogP contribution in [-0.2, 0) is 10.2 Å². The Labute approximate surface area is 166 Å². The number of carbonyl (C=O) groups is 2. The van der Waals surface area contributed by atoms with Crippen molar-refractivity contribution >= 4 is 40.1 Å². The van der Waals surface area contributed by atoms with Gasteiger partial charge in [-0.1, -0.05) is 17.7 Å². The van der Waals surface area contributed by atoms with Gasteiger partial charge in [0.1, 0.15) is 0 Å². The van der Waals surface area contributed by atoms with Crippen LogP contribution in [0.4, 0.5) is 5.69 Å². The summed E-state index contributed by atoms with van der Waals surface area (Å²) in [6.45, 7) is 0.985. The molecule has 4 heterocycles. The quantitative estimate of drug-likeness (QED) is 0.686. The van der Waals surface area contributed by atoms with Gasteiger partial charge in [0.15, 0.2) is 5.65 Å². The lowest BCUT2D eigenvalue weighted by Gasteiger charge is -2.38. The van der Waals surface area contributed by atoms with Gasteiger partial charge in [-0.3, -0.25) is 14.7 Å². The molecule has 0 aliphatic carbocycles. The molecule has 0 bridgehead atoms. The maximum absolute atomic E-state index is 13.1. The van der Waals surface area contributed by atoms with E-state index in [2.05, 4.69) is 15.2 Å². The van der Waals surface area contributed by atoms with E-state index in [1.54, 1.807) is 35.3 Å². The molecule has 3 aromatic rings. The molecule has 0 saturated carbocycles. The van der Waals surface area contributed by atoms with Gasteiger partial charge in [-0.25, -0.2) is 4.98 Å². The number of amides is 2. The summed E-state index contributed by atoms with van der Waals surface area (Å²) in [5.74, 6) is -0.0205. The fourth-order valence-electron chi connectivity index (χ4n) is 4.49. The van der Waals surface area contributed by atoms with Crippen molar-refractivity contribution in [2.24, 2.45) is 0 Å². The predicted octanol–water partition coefficient (Wildman–Crippen LogP) is 2.76. The lowest BCUT2D eigenvalue weighted by Crippen LogP contribution is -2.49. The second kappa shape index (κ2) is 6.04. The summed E-state index contributed by atoms with van der Waals surface area (Å²) in [7, 11) is 1.79. The second-order valence-electron chi connectivity index (χ2n) is 7.40. The van der Waals surface area contributed by atoms with E-state index in [9.17, 15) is 9.59 Å². The van der Waals surface area contributed by atoms with Crippen LogP contribution < -0.4 is 4.90 Å². The van der Waals surface area contributed by atoms with Crippen molar-refractivity contribution in [2.45, 2.75) is 18.3 Å². The lowest BCUT2D eigenvalue weighted by atomic mass is 9.73. The molecule has 1 spiro atoms. The standard InChI is InChI=1S/C20H18ClN5O2/c1-25-15-4-2-3-14(21)16(15)20(19(25)28)5-7-26(8-6-20)18(27)13-9-12-11-23-24-17(12)22-10-13/h2-4,9-11H,5-8H2,1H3,(H,22,23,24). The molecule has 2 aliphatic rings. The van der Waals surface area contributed by atoms with E-state index in [0.29, 0.717) is 42.2 Å². The number of halogens is 1. The van der Waals surface area contributed by atoms with E-state index >= 15 is 0 Å². The number of hydrogen-bond acceptors (Lipinski definition) is 4. The Hall–Kier alpha value is -2.93. The van der Waals surface area contributed by atoms with Crippen molar-refractivity contribution < 1.29 is 9.59 Å². The molecule has 2 amide bonds. The fraction of sp³-hybridized carbons (Fsp3) is 0.300. The van der Waals surface area contributed by atoms with Gasteiger partial charge in [0, 0.05) is 48.0 Å². The van der Waals surface area contributed by atoms with Crippen molar-refractivity contribution in [1.82, 2.24) is 20.1 Å². The van der Waals surface area contributed by atoms with Crippen LogP contribution in [0.2, 0.25) is 5.02 Å². The number of carbonyl (C=O) groups excluding carboxylic acids is 2. The van der Waals surface area contributed by atoms with E-state index in [0.717, 1.165) is 16.6 Å². The summed E-state index contributed by atoms with van der Waals surface area (Å²) in [6, 6.07) is 7.41. The largest absolute Gasteiger partial charge is 0.339 e. The average molecular weight is 396 g/mol. The number of likely N-dealkylation sites (tertiary alicyclic amines) is 1. The third kappa shape index (κ3) is 2.29. The minimum Gasteiger partial charge on any atom is -0.339 e. The number of benzene rings is 1. The number of likely N-dealkylation sites (N-methyl/N-ethyl adjacent to an activating group) is 1. The van der Waals surface area contributed by atoms with Crippen LogP contribution in [0.1, 0.15) is 28.8 Å². The van der Waals surface area contributed by atoms with Crippen LogP contribution in [0.5, 0.6) is 0 Å². The molecule has 0 atom stereocenters. The monoisotopic (exact) mass is 395 g/mol. The molecular formula is C20H18ClN5O2. The lowest BCUT2D eigenvalue weighted by molar-refractivity contribution is -0.124. The third-order valence-corrected chi connectivity index (χ3v) is 6.30. The summed E-state index contributed by atoms with van der Waals surface area (Å²) in [5.41, 5.74) is 2.30. The summed E-state index contributed by atoms with van der Waals surface area (Å²) in [6.07, 6.45) is 4.32. The number of nitrogens with one attached hydrogen (secondary N) is 1. The van der Waals surface area contributed by atoms with Gasteiger partial charge in [-0.2, -0.15) is 5.10 Å². The normalized spacial score (nSPS) is 18.1. The SMILES string of the molecule is CN1C(=O)C2(CCN(C(=O)c3cnc4[nH]ncc4c3)CC2)c2c(Cl)cccc21. The highest BCUT2D eigenvalue weighted by molar-refractivity contribution is 6.33. The first kappa shape index (κ1) is 17.2. The van der Waals surface area contributed by atoms with Crippen molar-refractivity contribution in [3.05, 3.63) is 52.8 Å². The molecule has 2 aliphatic heterocycles. The van der Waals surface area contributed by atoms with Crippen molar-refractivity contribution in [2.75, 3.05) is 25.0 Å². The number of H-pyrrole nitrogens is 1. The molecule has 5 rings (SSSR count). The maximum atomic E-state index is 13.1. The number of piperidine rings is 1. The summed E-state index contributed by atoms with van der Waals surface area (Å²) in [4.78, 5) is 33.8. The summed E-state index contributed by atoms with van der Waals surface area (Å²) >= 11 is 6.49. The van der Waals surface area contributed by atoms with Gasteiger partial charge < -0.3 is 9.80 Å². The number of aromatic amines is 1. The fourth-order valence-corrected chi connectivity index (χ4v) is 4.85. The highest BCUT2D eigenvalue weighted by atomic mass is 35.5. The average Bonchev–Trinajstić information content (AvgIpc) is 3.26. The minimum absolute atomic E-state index is 0.0594. The Morgan fingerprint density at radius 3 is 2.82 bits per heavy atom. The molecule has 1 fully saturated rings. The number of pyridine rings is 1. The van der Waals surface area contributed by atoms with Crippen LogP contribution in [0.15, 0.2) is 36.7 Å². The van der Waals surface area contributed by atoms with Gasteiger partial charge in [0.25, 0.3) is 5.91 Å². The molecule has 0 unspecified atom stereocenters. The summed E-state index contributed by atoms with van der Waals surface area (Å²) < 4.78 is 0. The Morgan fingerprint density at radius 2 is 2.04 bits per heavy atom. The van der Waals surface area contributed by atoms with E-state index in [1.165, 1.54) is 0 Å². The zero-order chi connectivity index (χ0) is 19.5. The second-order valence-corrected chi connectivity index (χ2v) is 7.81. The minimum atomic E-state index is -0.647. The third-order valence-electron chi connectivity index (χ3n) is 5.99. The number of rotatable bonds is 1. The first-order valence-corrected chi connectivity index (χ1v) is 9.55. The number of nitrogens with zero attached hydrogens (tertiary/aromatic N) is 4. The predicted molar refractivity (Wildman–Crippen MR) is 106 cm³/mol. The van der Waals surface area contributed by atoms with E-state index in [-0.39, 0.29) is 11.8 Å². The van der Waals surface area contributed by atoms with Crippen LogP contribution in [0, 0.1) is 0 Å². The van der Waals surface area contributed by atoms with E-state index < -0.39 is 5.41 Å².